The molecule has 0 radical (unpaired) electrons. The second kappa shape index (κ2) is 6.25. The van der Waals surface area contributed by atoms with Gasteiger partial charge in [-0.15, -0.1) is 0 Å². The van der Waals surface area contributed by atoms with Crippen molar-refractivity contribution in [3.8, 4) is 0 Å². The summed E-state index contributed by atoms with van der Waals surface area (Å²) in [6, 6.07) is 0.0654. The number of carbonyl (C=O) groups excluding carboxylic acids is 2. The Labute approximate surface area is 86.8 Å². The Morgan fingerprint density at radius 2 is 2.07 bits per heavy atom. The molecule has 2 amide bonds. The van der Waals surface area contributed by atoms with Crippen LogP contribution in [0.3, 0.4) is 0 Å². The molecule has 7 heteroatoms. The highest BCUT2D eigenvalue weighted by molar-refractivity contribution is 7.97. The van der Waals surface area contributed by atoms with Crippen LogP contribution in [0.4, 0.5) is 4.79 Å². The van der Waals surface area contributed by atoms with Gasteiger partial charge in [0.25, 0.3) is 0 Å². The zero-order chi connectivity index (χ0) is 11.1. The van der Waals surface area contributed by atoms with Gasteiger partial charge in [-0.1, -0.05) is 0 Å². The third-order valence-corrected chi connectivity index (χ3v) is 1.67. The van der Waals surface area contributed by atoms with E-state index in [1.165, 1.54) is 14.0 Å². The normalized spacial score (nSPS) is 10.7. The van der Waals surface area contributed by atoms with Crippen LogP contribution in [-0.4, -0.2) is 43.3 Å². The van der Waals surface area contributed by atoms with E-state index in [1.807, 2.05) is 0 Å². The number of rotatable bonds is 1. The number of nitrogens with zero attached hydrogens (tertiary/aromatic N) is 2. The summed E-state index contributed by atoms with van der Waals surface area (Å²) in [5, 5.41) is 2.58. The van der Waals surface area contributed by atoms with E-state index in [0.717, 1.165) is 16.8 Å². The first-order valence-corrected chi connectivity index (χ1v) is 4.96. The van der Waals surface area contributed by atoms with E-state index in [1.54, 1.807) is 13.3 Å². The minimum atomic E-state index is -0.764. The van der Waals surface area contributed by atoms with Crippen molar-refractivity contribution < 1.29 is 14.3 Å². The number of carbonyl (C=O) groups is 2. The van der Waals surface area contributed by atoms with Crippen molar-refractivity contribution in [2.24, 2.45) is 4.40 Å². The van der Waals surface area contributed by atoms with E-state index >= 15 is 0 Å². The molecule has 0 saturated heterocycles. The Morgan fingerprint density at radius 3 is 2.43 bits per heavy atom. The highest BCUT2D eigenvalue weighted by Gasteiger charge is 2.16. The molecule has 0 aliphatic rings. The molecule has 0 aromatic heterocycles. The highest BCUT2D eigenvalue weighted by Crippen LogP contribution is 1.97. The lowest BCUT2D eigenvalue weighted by Gasteiger charge is -2.12. The minimum absolute atomic E-state index is 0.0654. The number of amides is 2. The monoisotopic (exact) mass is 219 g/mol. The summed E-state index contributed by atoms with van der Waals surface area (Å²) in [6.45, 7) is 1.27. The molecule has 6 nitrogen and oxygen atoms in total. The van der Waals surface area contributed by atoms with Gasteiger partial charge >= 0.3 is 12.1 Å². The van der Waals surface area contributed by atoms with Gasteiger partial charge in [-0.2, -0.15) is 4.40 Å². The third kappa shape index (κ3) is 4.13. The molecule has 0 unspecified atom stereocenters. The SMILES string of the molecule is CN/C(=N\SC)OC(=O)N(C)C(C)=O. The van der Waals surface area contributed by atoms with Crippen LogP contribution in [0.15, 0.2) is 4.40 Å². The first kappa shape index (κ1) is 12.8. The number of ether oxygens (including phenoxy) is 1. The average molecular weight is 219 g/mol. The smallest absolute Gasteiger partial charge is 0.375 e. The fraction of sp³-hybridized carbons (Fsp3) is 0.571. The summed E-state index contributed by atoms with van der Waals surface area (Å²) >= 11 is 1.14. The van der Waals surface area contributed by atoms with E-state index in [4.69, 9.17) is 4.74 Å². The Kier molecular flexibility index (Phi) is 5.70. The lowest BCUT2D eigenvalue weighted by molar-refractivity contribution is -0.125. The summed E-state index contributed by atoms with van der Waals surface area (Å²) in [5.74, 6) is -0.394. The quantitative estimate of drug-likeness (QED) is 0.394. The molecule has 0 spiro atoms. The minimum Gasteiger partial charge on any atom is -0.375 e. The average Bonchev–Trinajstić information content (AvgIpc) is 2.15. The molecule has 0 aromatic rings. The molecule has 80 valence electrons. The second-order valence-electron chi connectivity index (χ2n) is 2.28. The van der Waals surface area contributed by atoms with Gasteiger partial charge in [0.15, 0.2) is 0 Å². The van der Waals surface area contributed by atoms with Gasteiger partial charge in [0.1, 0.15) is 0 Å². The van der Waals surface area contributed by atoms with Crippen LogP contribution in [0.2, 0.25) is 0 Å². The zero-order valence-corrected chi connectivity index (χ0v) is 9.34. The van der Waals surface area contributed by atoms with Crippen LogP contribution in [0.25, 0.3) is 0 Å². The van der Waals surface area contributed by atoms with Crippen molar-refractivity contribution >= 4 is 30.0 Å². The third-order valence-electron chi connectivity index (χ3n) is 1.32. The molecule has 1 N–H and O–H groups in total. The molecule has 0 atom stereocenters. The number of hydrogen-bond acceptors (Lipinski definition) is 5. The van der Waals surface area contributed by atoms with Gasteiger partial charge in [-0.3, -0.25) is 9.69 Å². The van der Waals surface area contributed by atoms with Crippen LogP contribution in [-0.2, 0) is 9.53 Å². The van der Waals surface area contributed by atoms with Crippen molar-refractivity contribution in [2.75, 3.05) is 20.4 Å². The maximum atomic E-state index is 11.2. The van der Waals surface area contributed by atoms with E-state index in [0.29, 0.717) is 0 Å². The van der Waals surface area contributed by atoms with Crippen LogP contribution in [0, 0.1) is 0 Å². The number of nitrogens with one attached hydrogen (secondary N) is 1. The van der Waals surface area contributed by atoms with Crippen LogP contribution >= 0.6 is 11.9 Å². The standard InChI is InChI=1S/C7H13N3O3S/c1-5(11)10(3)7(12)13-6(8-2)9-14-4/h1-4H3,(H,8,9). The first-order chi connectivity index (χ1) is 6.52. The first-order valence-electron chi connectivity index (χ1n) is 3.78. The van der Waals surface area contributed by atoms with Crippen LogP contribution in [0.5, 0.6) is 0 Å². The molecule has 0 aromatic carbocycles. The van der Waals surface area contributed by atoms with Crippen molar-refractivity contribution in [3.05, 3.63) is 0 Å². The molecule has 14 heavy (non-hydrogen) atoms. The Balaban J connectivity index is 4.30. The van der Waals surface area contributed by atoms with E-state index in [2.05, 4.69) is 9.71 Å². The molecule has 0 fully saturated rings. The molecule has 0 aliphatic heterocycles. The van der Waals surface area contributed by atoms with E-state index in [-0.39, 0.29) is 6.02 Å². The molecular formula is C7H13N3O3S. The lowest BCUT2D eigenvalue weighted by atomic mass is 10.6. The number of imide groups is 1. The fourth-order valence-corrected chi connectivity index (χ4v) is 0.772. The number of hydrogen-bond donors (Lipinski definition) is 1. The van der Waals surface area contributed by atoms with Gasteiger partial charge < -0.3 is 10.1 Å². The Morgan fingerprint density at radius 1 is 1.50 bits per heavy atom. The van der Waals surface area contributed by atoms with Crippen molar-refractivity contribution in [1.29, 1.82) is 0 Å². The highest BCUT2D eigenvalue weighted by atomic mass is 32.2. The van der Waals surface area contributed by atoms with Gasteiger partial charge in [0.05, 0.1) is 0 Å². The number of amidine groups is 1. The van der Waals surface area contributed by atoms with E-state index in [9.17, 15) is 9.59 Å². The van der Waals surface area contributed by atoms with Gasteiger partial charge in [0.2, 0.25) is 5.91 Å². The topological polar surface area (TPSA) is 71.0 Å². The van der Waals surface area contributed by atoms with Crippen molar-refractivity contribution in [3.63, 3.8) is 0 Å². The maximum absolute atomic E-state index is 11.2. The Hall–Kier alpha value is -1.24. The molecule has 0 aliphatic carbocycles. The van der Waals surface area contributed by atoms with Crippen LogP contribution < -0.4 is 5.32 Å². The summed E-state index contributed by atoms with van der Waals surface area (Å²) < 4.78 is 8.51. The Bertz CT molecular complexity index is 255. The van der Waals surface area contributed by atoms with E-state index < -0.39 is 12.0 Å². The molecule has 0 heterocycles. The maximum Gasteiger partial charge on any atom is 0.424 e. The second-order valence-corrected chi connectivity index (χ2v) is 2.82. The fourth-order valence-electron chi connectivity index (χ4n) is 0.478. The predicted molar refractivity (Wildman–Crippen MR) is 54.9 cm³/mol. The van der Waals surface area contributed by atoms with Gasteiger partial charge in [0, 0.05) is 27.3 Å². The molecular weight excluding hydrogens is 206 g/mol. The largest absolute Gasteiger partial charge is 0.424 e. The molecule has 0 bridgehead atoms. The van der Waals surface area contributed by atoms with Gasteiger partial charge in [-0.05, 0) is 11.9 Å². The summed E-state index contributed by atoms with van der Waals surface area (Å²) in [7, 11) is 2.90. The predicted octanol–water partition coefficient (Wildman–Crippen LogP) is 0.455. The van der Waals surface area contributed by atoms with Crippen molar-refractivity contribution in [1.82, 2.24) is 10.2 Å². The summed E-state index contributed by atoms with van der Waals surface area (Å²) in [5.41, 5.74) is 0. The van der Waals surface area contributed by atoms with Crippen LogP contribution in [0.1, 0.15) is 6.92 Å². The van der Waals surface area contributed by atoms with Crippen molar-refractivity contribution in [2.45, 2.75) is 6.92 Å². The summed E-state index contributed by atoms with van der Waals surface area (Å²) in [6.07, 6.45) is 0.958. The molecule has 0 rings (SSSR count). The summed E-state index contributed by atoms with van der Waals surface area (Å²) in [4.78, 5) is 22.8. The molecule has 0 saturated carbocycles. The van der Waals surface area contributed by atoms with Gasteiger partial charge in [-0.25, -0.2) is 4.79 Å². The zero-order valence-electron chi connectivity index (χ0n) is 8.53. The lowest BCUT2D eigenvalue weighted by Crippen LogP contribution is -2.36.